The summed E-state index contributed by atoms with van der Waals surface area (Å²) in [6.45, 7) is 9.28. The van der Waals surface area contributed by atoms with Gasteiger partial charge < -0.3 is 15.3 Å². The van der Waals surface area contributed by atoms with E-state index in [4.69, 9.17) is 9.94 Å². The molecule has 21 heavy (non-hydrogen) atoms. The minimum atomic E-state index is 0.468. The highest BCUT2D eigenvalue weighted by atomic mass is 16.5. The minimum Gasteiger partial charge on any atom is -0.493 e. The van der Waals surface area contributed by atoms with E-state index in [9.17, 15) is 0 Å². The maximum atomic E-state index is 9.16. The molecular formula is C17H24N2O2. The van der Waals surface area contributed by atoms with Crippen molar-refractivity contribution in [1.82, 2.24) is 5.32 Å². The van der Waals surface area contributed by atoms with Crippen LogP contribution in [0, 0.1) is 0 Å². The first-order valence-corrected chi connectivity index (χ1v) is 7.19. The molecule has 0 saturated heterocycles. The molecule has 1 aromatic carbocycles. The first-order chi connectivity index (χ1) is 10.2. The molecule has 0 aliphatic rings. The van der Waals surface area contributed by atoms with Gasteiger partial charge in [0.1, 0.15) is 5.75 Å². The molecule has 1 rings (SSSR count). The SMILES string of the molecule is C=C=CC/C(=N\O)c1ccccc1OCCCNC(C)C. The molecule has 0 heterocycles. The number of hydrogen-bond donors (Lipinski definition) is 2. The normalized spacial score (nSPS) is 11.3. The fourth-order valence-corrected chi connectivity index (χ4v) is 1.85. The highest BCUT2D eigenvalue weighted by molar-refractivity contribution is 6.03. The van der Waals surface area contributed by atoms with Crippen LogP contribution in [-0.4, -0.2) is 30.1 Å². The Morgan fingerprint density at radius 1 is 1.48 bits per heavy atom. The summed E-state index contributed by atoms with van der Waals surface area (Å²) in [5.74, 6) is 0.729. The standard InChI is InChI=1S/C17H24N2O2/c1-4-5-10-16(19-20)15-9-6-7-11-17(15)21-13-8-12-18-14(2)3/h5-7,9,11,14,18,20H,1,8,10,12-13H2,2-3H3/b19-16+. The third-order valence-electron chi connectivity index (χ3n) is 2.89. The first kappa shape index (κ1) is 17.0. The Hall–Kier alpha value is -2.03. The van der Waals surface area contributed by atoms with Crippen molar-refractivity contribution in [3.05, 3.63) is 48.2 Å². The number of ether oxygens (including phenoxy) is 1. The molecule has 0 atom stereocenters. The van der Waals surface area contributed by atoms with Gasteiger partial charge in [-0.2, -0.15) is 0 Å². The summed E-state index contributed by atoms with van der Waals surface area (Å²) in [7, 11) is 0. The average Bonchev–Trinajstić information content (AvgIpc) is 2.48. The van der Waals surface area contributed by atoms with Gasteiger partial charge in [-0.05, 0) is 31.2 Å². The van der Waals surface area contributed by atoms with Crippen LogP contribution in [0.1, 0.15) is 32.3 Å². The smallest absolute Gasteiger partial charge is 0.128 e. The number of nitrogens with one attached hydrogen (secondary N) is 1. The van der Waals surface area contributed by atoms with Crippen LogP contribution in [0.15, 0.2) is 47.8 Å². The maximum absolute atomic E-state index is 9.16. The number of oxime groups is 1. The van der Waals surface area contributed by atoms with Crippen LogP contribution < -0.4 is 10.1 Å². The van der Waals surface area contributed by atoms with Crippen molar-refractivity contribution in [2.75, 3.05) is 13.2 Å². The summed E-state index contributed by atoms with van der Waals surface area (Å²) in [4.78, 5) is 0. The van der Waals surface area contributed by atoms with Crippen molar-refractivity contribution >= 4 is 5.71 Å². The molecule has 1 aromatic rings. The molecule has 0 fully saturated rings. The Bertz CT molecular complexity index is 503. The van der Waals surface area contributed by atoms with Crippen LogP contribution in [0.25, 0.3) is 0 Å². The van der Waals surface area contributed by atoms with E-state index < -0.39 is 0 Å². The van der Waals surface area contributed by atoms with Gasteiger partial charge in [0, 0.05) is 18.0 Å². The maximum Gasteiger partial charge on any atom is 0.128 e. The summed E-state index contributed by atoms with van der Waals surface area (Å²) >= 11 is 0. The van der Waals surface area contributed by atoms with E-state index in [-0.39, 0.29) is 0 Å². The molecular weight excluding hydrogens is 264 g/mol. The summed E-state index contributed by atoms with van der Waals surface area (Å²) < 4.78 is 5.80. The van der Waals surface area contributed by atoms with Gasteiger partial charge in [0.05, 0.1) is 12.3 Å². The third kappa shape index (κ3) is 6.30. The Balaban J connectivity index is 2.64. The number of rotatable bonds is 9. The molecule has 0 radical (unpaired) electrons. The highest BCUT2D eigenvalue weighted by Crippen LogP contribution is 2.20. The summed E-state index contributed by atoms with van der Waals surface area (Å²) in [6.07, 6.45) is 3.11. The number of allylic oxidation sites excluding steroid dienone is 1. The van der Waals surface area contributed by atoms with Crippen molar-refractivity contribution in [2.45, 2.75) is 32.7 Å². The van der Waals surface area contributed by atoms with Gasteiger partial charge in [0.2, 0.25) is 0 Å². The van der Waals surface area contributed by atoms with E-state index in [1.54, 1.807) is 6.08 Å². The highest BCUT2D eigenvalue weighted by Gasteiger charge is 2.09. The van der Waals surface area contributed by atoms with Gasteiger partial charge in [-0.15, -0.1) is 5.73 Å². The van der Waals surface area contributed by atoms with E-state index >= 15 is 0 Å². The van der Waals surface area contributed by atoms with Crippen LogP contribution in [0.3, 0.4) is 0 Å². The molecule has 2 N–H and O–H groups in total. The molecule has 0 saturated carbocycles. The van der Waals surface area contributed by atoms with Gasteiger partial charge in [-0.1, -0.05) is 37.7 Å². The van der Waals surface area contributed by atoms with Gasteiger partial charge >= 0.3 is 0 Å². The second kappa shape index (κ2) is 9.81. The second-order valence-electron chi connectivity index (χ2n) is 4.97. The fourth-order valence-electron chi connectivity index (χ4n) is 1.85. The van der Waals surface area contributed by atoms with Crippen molar-refractivity contribution in [1.29, 1.82) is 0 Å². The topological polar surface area (TPSA) is 53.9 Å². The predicted molar refractivity (Wildman–Crippen MR) is 86.3 cm³/mol. The van der Waals surface area contributed by atoms with E-state index in [1.807, 2.05) is 24.3 Å². The van der Waals surface area contributed by atoms with E-state index in [1.165, 1.54) is 0 Å². The lowest BCUT2D eigenvalue weighted by atomic mass is 10.1. The number of para-hydroxylation sites is 1. The zero-order valence-electron chi connectivity index (χ0n) is 12.8. The van der Waals surface area contributed by atoms with Crippen molar-refractivity contribution in [2.24, 2.45) is 5.16 Å². The van der Waals surface area contributed by atoms with Crippen LogP contribution >= 0.6 is 0 Å². The van der Waals surface area contributed by atoms with E-state index in [2.05, 4.69) is 36.6 Å². The molecule has 114 valence electrons. The van der Waals surface area contributed by atoms with Crippen molar-refractivity contribution in [3.63, 3.8) is 0 Å². The van der Waals surface area contributed by atoms with Crippen LogP contribution in [0.5, 0.6) is 5.75 Å². The van der Waals surface area contributed by atoms with Gasteiger partial charge in [0.15, 0.2) is 0 Å². The van der Waals surface area contributed by atoms with Crippen molar-refractivity contribution in [3.8, 4) is 5.75 Å². The zero-order chi connectivity index (χ0) is 15.5. The zero-order valence-corrected chi connectivity index (χ0v) is 12.8. The second-order valence-corrected chi connectivity index (χ2v) is 4.97. The number of hydrogen-bond acceptors (Lipinski definition) is 4. The summed E-state index contributed by atoms with van der Waals surface area (Å²) in [6, 6.07) is 8.05. The Labute approximate surface area is 126 Å². The fraction of sp³-hybridized carbons (Fsp3) is 0.412. The molecule has 0 bridgehead atoms. The number of nitrogens with zero attached hydrogens (tertiary/aromatic N) is 1. The Kier molecular flexibility index (Phi) is 7.95. The van der Waals surface area contributed by atoms with Crippen LogP contribution in [-0.2, 0) is 0 Å². The van der Waals surface area contributed by atoms with Gasteiger partial charge in [0.25, 0.3) is 0 Å². The molecule has 0 spiro atoms. The monoisotopic (exact) mass is 288 g/mol. The van der Waals surface area contributed by atoms with E-state index in [0.717, 1.165) is 24.3 Å². The Morgan fingerprint density at radius 3 is 2.90 bits per heavy atom. The quantitative estimate of drug-likeness (QED) is 0.241. The lowest BCUT2D eigenvalue weighted by Gasteiger charge is -2.12. The summed E-state index contributed by atoms with van der Waals surface area (Å²) in [5.41, 5.74) is 4.01. The lowest BCUT2D eigenvalue weighted by molar-refractivity contribution is 0.303. The number of benzene rings is 1. The van der Waals surface area contributed by atoms with E-state index in [0.29, 0.717) is 24.8 Å². The molecule has 0 aliphatic carbocycles. The minimum absolute atomic E-state index is 0.468. The van der Waals surface area contributed by atoms with Crippen molar-refractivity contribution < 1.29 is 9.94 Å². The summed E-state index contributed by atoms with van der Waals surface area (Å²) in [5, 5.41) is 15.8. The molecule has 0 amide bonds. The predicted octanol–water partition coefficient (Wildman–Crippen LogP) is 3.36. The van der Waals surface area contributed by atoms with Crippen LogP contribution in [0.2, 0.25) is 0 Å². The third-order valence-corrected chi connectivity index (χ3v) is 2.89. The molecule has 0 aromatic heterocycles. The average molecular weight is 288 g/mol. The Morgan fingerprint density at radius 2 is 2.24 bits per heavy atom. The molecule has 0 aliphatic heterocycles. The molecule has 4 heteroatoms. The van der Waals surface area contributed by atoms with Crippen LogP contribution in [0.4, 0.5) is 0 Å². The van der Waals surface area contributed by atoms with Gasteiger partial charge in [-0.3, -0.25) is 0 Å². The first-order valence-electron chi connectivity index (χ1n) is 7.19. The molecule has 0 unspecified atom stereocenters. The molecule has 4 nitrogen and oxygen atoms in total. The lowest BCUT2D eigenvalue weighted by Crippen LogP contribution is -2.24. The van der Waals surface area contributed by atoms with Gasteiger partial charge in [-0.25, -0.2) is 0 Å². The largest absolute Gasteiger partial charge is 0.493 e.